The van der Waals surface area contributed by atoms with Crippen LogP contribution in [0.3, 0.4) is 0 Å². The molecule has 3 rings (SSSR count). The molecule has 0 aliphatic carbocycles. The van der Waals surface area contributed by atoms with Gasteiger partial charge in [0.25, 0.3) is 0 Å². The van der Waals surface area contributed by atoms with Crippen LogP contribution in [0.25, 0.3) is 0 Å². The summed E-state index contributed by atoms with van der Waals surface area (Å²) < 4.78 is 11.1. The van der Waals surface area contributed by atoms with Gasteiger partial charge >= 0.3 is 5.97 Å². The zero-order valence-electron chi connectivity index (χ0n) is 12.7. The fourth-order valence-electron chi connectivity index (χ4n) is 3.47. The SMILES string of the molecule is O=C(O)[C@]12COC[C@H]1CN(CCCOCc1ccccc1)C2. The number of likely N-dealkylation sites (tertiary alicyclic amines) is 1. The van der Waals surface area contributed by atoms with Gasteiger partial charge in [-0.25, -0.2) is 0 Å². The van der Waals surface area contributed by atoms with Gasteiger partial charge in [-0.2, -0.15) is 0 Å². The van der Waals surface area contributed by atoms with E-state index in [9.17, 15) is 9.90 Å². The maximum absolute atomic E-state index is 11.6. The molecule has 2 atom stereocenters. The minimum absolute atomic E-state index is 0.134. The first kappa shape index (κ1) is 15.5. The number of carboxylic acid groups (broad SMARTS) is 1. The number of carboxylic acids is 1. The fourth-order valence-corrected chi connectivity index (χ4v) is 3.47. The molecule has 22 heavy (non-hydrogen) atoms. The lowest BCUT2D eigenvalue weighted by atomic mass is 9.81. The number of ether oxygens (including phenoxy) is 2. The monoisotopic (exact) mass is 305 g/mol. The van der Waals surface area contributed by atoms with E-state index in [0.29, 0.717) is 33.0 Å². The summed E-state index contributed by atoms with van der Waals surface area (Å²) in [5.41, 5.74) is 0.505. The van der Waals surface area contributed by atoms with Crippen LogP contribution in [-0.4, -0.2) is 55.4 Å². The molecule has 2 aliphatic heterocycles. The van der Waals surface area contributed by atoms with Crippen molar-refractivity contribution in [3.05, 3.63) is 35.9 Å². The predicted molar refractivity (Wildman–Crippen MR) is 81.5 cm³/mol. The Hall–Kier alpha value is -1.43. The van der Waals surface area contributed by atoms with Crippen molar-refractivity contribution in [2.24, 2.45) is 11.3 Å². The normalized spacial score (nSPS) is 27.9. The highest BCUT2D eigenvalue weighted by Crippen LogP contribution is 2.41. The Balaban J connectivity index is 1.38. The van der Waals surface area contributed by atoms with Crippen molar-refractivity contribution in [3.63, 3.8) is 0 Å². The molecule has 0 radical (unpaired) electrons. The Kier molecular flexibility index (Phi) is 4.76. The quantitative estimate of drug-likeness (QED) is 0.776. The van der Waals surface area contributed by atoms with E-state index in [1.165, 1.54) is 5.56 Å². The summed E-state index contributed by atoms with van der Waals surface area (Å²) in [7, 11) is 0. The summed E-state index contributed by atoms with van der Waals surface area (Å²) in [6, 6.07) is 10.1. The molecule has 0 bridgehead atoms. The molecule has 0 saturated carbocycles. The molecular formula is C17H23NO4. The molecule has 2 saturated heterocycles. The number of aliphatic carboxylic acids is 1. The van der Waals surface area contributed by atoms with Crippen LogP contribution in [0.5, 0.6) is 0 Å². The van der Waals surface area contributed by atoms with Crippen molar-refractivity contribution in [2.75, 3.05) is 39.5 Å². The summed E-state index contributed by atoms with van der Waals surface area (Å²) in [5, 5.41) is 9.50. The molecule has 1 N–H and O–H groups in total. The van der Waals surface area contributed by atoms with E-state index in [0.717, 1.165) is 19.5 Å². The molecule has 5 nitrogen and oxygen atoms in total. The number of nitrogens with zero attached hydrogens (tertiary/aromatic N) is 1. The second-order valence-electron chi connectivity index (χ2n) is 6.30. The number of hydrogen-bond acceptors (Lipinski definition) is 4. The van der Waals surface area contributed by atoms with Crippen LogP contribution in [-0.2, 0) is 20.9 Å². The Labute approximate surface area is 130 Å². The van der Waals surface area contributed by atoms with Gasteiger partial charge in [0.2, 0.25) is 0 Å². The Morgan fingerprint density at radius 3 is 2.95 bits per heavy atom. The van der Waals surface area contributed by atoms with E-state index in [-0.39, 0.29) is 5.92 Å². The molecule has 120 valence electrons. The molecular weight excluding hydrogens is 282 g/mol. The number of benzene rings is 1. The molecule has 0 spiro atoms. The van der Waals surface area contributed by atoms with Crippen molar-refractivity contribution in [3.8, 4) is 0 Å². The maximum atomic E-state index is 11.6. The van der Waals surface area contributed by atoms with E-state index in [1.807, 2.05) is 18.2 Å². The van der Waals surface area contributed by atoms with Crippen LogP contribution in [0.15, 0.2) is 30.3 Å². The van der Waals surface area contributed by atoms with Gasteiger partial charge < -0.3 is 19.5 Å². The number of carbonyl (C=O) groups is 1. The van der Waals surface area contributed by atoms with Gasteiger partial charge in [-0.3, -0.25) is 4.79 Å². The molecule has 2 aliphatic rings. The average Bonchev–Trinajstić information content (AvgIpc) is 3.06. The van der Waals surface area contributed by atoms with Gasteiger partial charge in [0.05, 0.1) is 19.8 Å². The zero-order chi connectivity index (χ0) is 15.4. The maximum Gasteiger partial charge on any atom is 0.313 e. The first-order chi connectivity index (χ1) is 10.7. The summed E-state index contributed by atoms with van der Waals surface area (Å²) in [6.45, 7) is 4.58. The molecule has 2 heterocycles. The third kappa shape index (κ3) is 3.16. The first-order valence-corrected chi connectivity index (χ1v) is 7.86. The number of rotatable bonds is 7. The fraction of sp³-hybridized carbons (Fsp3) is 0.588. The predicted octanol–water partition coefficient (Wildman–Crippen LogP) is 1.63. The van der Waals surface area contributed by atoms with Crippen LogP contribution in [0, 0.1) is 11.3 Å². The van der Waals surface area contributed by atoms with E-state index < -0.39 is 11.4 Å². The minimum Gasteiger partial charge on any atom is -0.481 e. The van der Waals surface area contributed by atoms with Gasteiger partial charge in [-0.1, -0.05) is 30.3 Å². The number of fused-ring (bicyclic) bond motifs is 1. The number of hydrogen-bond donors (Lipinski definition) is 1. The van der Waals surface area contributed by atoms with Crippen molar-refractivity contribution >= 4 is 5.97 Å². The van der Waals surface area contributed by atoms with Crippen LogP contribution >= 0.6 is 0 Å². The Morgan fingerprint density at radius 2 is 2.23 bits per heavy atom. The Bertz CT molecular complexity index is 507. The second kappa shape index (κ2) is 6.77. The third-order valence-electron chi connectivity index (χ3n) is 4.74. The topological polar surface area (TPSA) is 59.0 Å². The van der Waals surface area contributed by atoms with Gasteiger partial charge in [0.1, 0.15) is 5.41 Å². The molecule has 2 fully saturated rings. The van der Waals surface area contributed by atoms with Crippen molar-refractivity contribution in [1.82, 2.24) is 4.90 Å². The van der Waals surface area contributed by atoms with Gasteiger partial charge in [-0.15, -0.1) is 0 Å². The molecule has 0 unspecified atom stereocenters. The lowest BCUT2D eigenvalue weighted by Crippen LogP contribution is -2.39. The Morgan fingerprint density at radius 1 is 1.41 bits per heavy atom. The highest BCUT2D eigenvalue weighted by Gasteiger charge is 2.55. The lowest BCUT2D eigenvalue weighted by molar-refractivity contribution is -0.149. The van der Waals surface area contributed by atoms with Crippen LogP contribution in [0.1, 0.15) is 12.0 Å². The second-order valence-corrected chi connectivity index (χ2v) is 6.30. The standard InChI is InChI=1S/C17H23NO4/c19-16(20)17-12-18(9-15(17)11-22-13-17)7-4-8-21-10-14-5-2-1-3-6-14/h1-3,5-6,15H,4,7-13H2,(H,19,20)/t15-,17-/m1/s1. The molecule has 5 heteroatoms. The largest absolute Gasteiger partial charge is 0.481 e. The van der Waals surface area contributed by atoms with Crippen LogP contribution in [0.2, 0.25) is 0 Å². The van der Waals surface area contributed by atoms with E-state index in [2.05, 4.69) is 17.0 Å². The summed E-state index contributed by atoms with van der Waals surface area (Å²) in [5.74, 6) is -0.576. The summed E-state index contributed by atoms with van der Waals surface area (Å²) >= 11 is 0. The van der Waals surface area contributed by atoms with Gasteiger partial charge in [0, 0.05) is 32.2 Å². The zero-order valence-corrected chi connectivity index (χ0v) is 12.7. The minimum atomic E-state index is -0.710. The van der Waals surface area contributed by atoms with Gasteiger partial charge in [0.15, 0.2) is 0 Å². The molecule has 1 aromatic rings. The van der Waals surface area contributed by atoms with Crippen molar-refractivity contribution < 1.29 is 19.4 Å². The third-order valence-corrected chi connectivity index (χ3v) is 4.74. The van der Waals surface area contributed by atoms with E-state index in [1.54, 1.807) is 0 Å². The first-order valence-electron chi connectivity index (χ1n) is 7.86. The van der Waals surface area contributed by atoms with Crippen LogP contribution in [0.4, 0.5) is 0 Å². The van der Waals surface area contributed by atoms with E-state index >= 15 is 0 Å². The highest BCUT2D eigenvalue weighted by molar-refractivity contribution is 5.76. The van der Waals surface area contributed by atoms with Crippen molar-refractivity contribution in [2.45, 2.75) is 13.0 Å². The average molecular weight is 305 g/mol. The van der Waals surface area contributed by atoms with Crippen molar-refractivity contribution in [1.29, 1.82) is 0 Å². The lowest BCUT2D eigenvalue weighted by Gasteiger charge is -2.21. The molecule has 0 aromatic heterocycles. The summed E-state index contributed by atoms with van der Waals surface area (Å²) in [4.78, 5) is 13.8. The molecule has 1 aromatic carbocycles. The smallest absolute Gasteiger partial charge is 0.313 e. The van der Waals surface area contributed by atoms with E-state index in [4.69, 9.17) is 9.47 Å². The van der Waals surface area contributed by atoms with Gasteiger partial charge in [-0.05, 0) is 12.0 Å². The summed E-state index contributed by atoms with van der Waals surface area (Å²) in [6.07, 6.45) is 0.927. The molecule has 0 amide bonds. The van der Waals surface area contributed by atoms with Crippen LogP contribution < -0.4 is 0 Å². The highest BCUT2D eigenvalue weighted by atomic mass is 16.5.